The van der Waals surface area contributed by atoms with Gasteiger partial charge in [-0.05, 0) is 22.6 Å². The summed E-state index contributed by atoms with van der Waals surface area (Å²) < 4.78 is 29.5. The Morgan fingerprint density at radius 3 is 2.69 bits per heavy atom. The van der Waals surface area contributed by atoms with Gasteiger partial charge in [0.2, 0.25) is 0 Å². The molecule has 72 valence electrons. The summed E-state index contributed by atoms with van der Waals surface area (Å²) in [7, 11) is 1.22. The Bertz CT molecular complexity index is 320. The van der Waals surface area contributed by atoms with E-state index in [1.807, 2.05) is 0 Å². The minimum Gasteiger partial charge on any atom is -0.502 e. The van der Waals surface area contributed by atoms with Crippen LogP contribution in [0, 0.1) is 3.70 Å². The second kappa shape index (κ2) is 4.03. The predicted molar refractivity (Wildman–Crippen MR) is 50.1 cm³/mol. The van der Waals surface area contributed by atoms with Crippen molar-refractivity contribution in [1.82, 2.24) is 4.98 Å². The van der Waals surface area contributed by atoms with Gasteiger partial charge >= 0.3 is 0 Å². The number of ether oxygens (including phenoxy) is 1. The fraction of sp³-hybridized carbons (Fsp3) is 0.286. The van der Waals surface area contributed by atoms with Gasteiger partial charge < -0.3 is 9.84 Å². The first-order chi connectivity index (χ1) is 6.07. The number of aromatic hydroxyl groups is 1. The van der Waals surface area contributed by atoms with Crippen molar-refractivity contribution < 1.29 is 18.6 Å². The summed E-state index contributed by atoms with van der Waals surface area (Å²) in [6.45, 7) is 0. The van der Waals surface area contributed by atoms with Crippen molar-refractivity contribution in [2.75, 3.05) is 7.11 Å². The van der Waals surface area contributed by atoms with Crippen LogP contribution >= 0.6 is 22.6 Å². The fourth-order valence-corrected chi connectivity index (χ4v) is 1.23. The molecule has 0 bridgehead atoms. The van der Waals surface area contributed by atoms with Crippen LogP contribution in [0.25, 0.3) is 0 Å². The van der Waals surface area contributed by atoms with E-state index in [1.54, 1.807) is 22.6 Å². The van der Waals surface area contributed by atoms with E-state index < -0.39 is 12.0 Å². The maximum atomic E-state index is 12.3. The van der Waals surface area contributed by atoms with Gasteiger partial charge in [-0.2, -0.15) is 0 Å². The minimum absolute atomic E-state index is 0.214. The second-order valence-corrected chi connectivity index (χ2v) is 3.21. The van der Waals surface area contributed by atoms with E-state index in [0.717, 1.165) is 6.20 Å². The SMILES string of the molecule is COc1c(C(F)F)cnc(I)c1O. The lowest BCUT2D eigenvalue weighted by Gasteiger charge is -2.09. The number of methoxy groups -OCH3 is 1. The topological polar surface area (TPSA) is 42.4 Å². The monoisotopic (exact) mass is 301 g/mol. The van der Waals surface area contributed by atoms with Crippen molar-refractivity contribution in [3.63, 3.8) is 0 Å². The number of pyridine rings is 1. The third-order valence-corrected chi connectivity index (χ3v) is 2.22. The number of nitrogens with zero attached hydrogens (tertiary/aromatic N) is 1. The van der Waals surface area contributed by atoms with Crippen molar-refractivity contribution in [2.24, 2.45) is 0 Å². The van der Waals surface area contributed by atoms with Crippen molar-refractivity contribution in [2.45, 2.75) is 6.43 Å². The van der Waals surface area contributed by atoms with Gasteiger partial charge in [0.25, 0.3) is 6.43 Å². The summed E-state index contributed by atoms with van der Waals surface area (Å²) in [6.07, 6.45) is -1.71. The Balaban J connectivity index is 3.30. The summed E-state index contributed by atoms with van der Waals surface area (Å²) in [5, 5.41) is 9.30. The molecule has 0 fully saturated rings. The fourth-order valence-electron chi connectivity index (χ4n) is 0.846. The Morgan fingerprint density at radius 2 is 2.23 bits per heavy atom. The summed E-state index contributed by atoms with van der Waals surface area (Å²) in [5.41, 5.74) is -0.402. The maximum Gasteiger partial charge on any atom is 0.269 e. The first-order valence-corrected chi connectivity index (χ1v) is 4.35. The van der Waals surface area contributed by atoms with Gasteiger partial charge in [0.1, 0.15) is 3.70 Å². The molecule has 0 amide bonds. The standard InChI is InChI=1S/C7H6F2INO2/c1-13-5-3(6(8)9)2-11-7(10)4(5)12/h2,6,12H,1H3. The van der Waals surface area contributed by atoms with Crippen LogP contribution in [0.3, 0.4) is 0 Å². The third kappa shape index (κ3) is 1.98. The van der Waals surface area contributed by atoms with Crippen LogP contribution in [-0.4, -0.2) is 17.2 Å². The maximum absolute atomic E-state index is 12.3. The lowest BCUT2D eigenvalue weighted by molar-refractivity contribution is 0.145. The number of rotatable bonds is 2. The number of aromatic nitrogens is 1. The van der Waals surface area contributed by atoms with E-state index in [9.17, 15) is 13.9 Å². The summed E-state index contributed by atoms with van der Waals surface area (Å²) >= 11 is 1.73. The highest BCUT2D eigenvalue weighted by Gasteiger charge is 2.19. The van der Waals surface area contributed by atoms with E-state index in [-0.39, 0.29) is 15.2 Å². The van der Waals surface area contributed by atoms with Crippen molar-refractivity contribution in [3.8, 4) is 11.5 Å². The highest BCUT2D eigenvalue weighted by molar-refractivity contribution is 14.1. The predicted octanol–water partition coefficient (Wildman–Crippen LogP) is 2.34. The van der Waals surface area contributed by atoms with E-state index >= 15 is 0 Å². The van der Waals surface area contributed by atoms with Crippen LogP contribution in [0.15, 0.2) is 6.20 Å². The molecule has 1 aromatic rings. The molecule has 0 atom stereocenters. The summed E-state index contributed by atoms with van der Waals surface area (Å²) in [6, 6.07) is 0. The highest BCUT2D eigenvalue weighted by Crippen LogP contribution is 2.37. The first kappa shape index (κ1) is 10.4. The van der Waals surface area contributed by atoms with Crippen LogP contribution in [0.4, 0.5) is 8.78 Å². The van der Waals surface area contributed by atoms with Gasteiger partial charge in [-0.15, -0.1) is 0 Å². The Labute approximate surface area is 86.9 Å². The Kier molecular flexibility index (Phi) is 3.23. The molecule has 1 aromatic heterocycles. The Hall–Kier alpha value is -0.660. The average molecular weight is 301 g/mol. The average Bonchev–Trinajstić information content (AvgIpc) is 2.09. The molecule has 1 N–H and O–H groups in total. The van der Waals surface area contributed by atoms with Gasteiger partial charge in [-0.3, -0.25) is 0 Å². The second-order valence-electron chi connectivity index (χ2n) is 2.19. The molecule has 1 rings (SSSR count). The molecular weight excluding hydrogens is 295 g/mol. The summed E-state index contributed by atoms with van der Waals surface area (Å²) in [5.74, 6) is -0.560. The third-order valence-electron chi connectivity index (χ3n) is 1.43. The number of hydrogen-bond donors (Lipinski definition) is 1. The van der Waals surface area contributed by atoms with Crippen LogP contribution in [0.1, 0.15) is 12.0 Å². The molecule has 0 aliphatic carbocycles. The first-order valence-electron chi connectivity index (χ1n) is 3.27. The van der Waals surface area contributed by atoms with Gasteiger partial charge in [-0.25, -0.2) is 13.8 Å². The number of halogens is 3. The summed E-state index contributed by atoms with van der Waals surface area (Å²) in [4.78, 5) is 3.59. The molecule has 0 unspecified atom stereocenters. The largest absolute Gasteiger partial charge is 0.502 e. The minimum atomic E-state index is -2.70. The Morgan fingerprint density at radius 1 is 1.62 bits per heavy atom. The molecule has 0 spiro atoms. The lowest BCUT2D eigenvalue weighted by atomic mass is 10.2. The smallest absolute Gasteiger partial charge is 0.269 e. The molecule has 0 radical (unpaired) electrons. The van der Waals surface area contributed by atoms with E-state index in [1.165, 1.54) is 7.11 Å². The zero-order valence-corrected chi connectivity index (χ0v) is 8.75. The van der Waals surface area contributed by atoms with Crippen LogP contribution in [-0.2, 0) is 0 Å². The number of alkyl halides is 2. The van der Waals surface area contributed by atoms with Gasteiger partial charge in [0.05, 0.1) is 12.7 Å². The van der Waals surface area contributed by atoms with Crippen LogP contribution in [0.2, 0.25) is 0 Å². The molecule has 0 saturated carbocycles. The van der Waals surface area contributed by atoms with Crippen molar-refractivity contribution in [3.05, 3.63) is 15.5 Å². The van der Waals surface area contributed by atoms with Crippen LogP contribution in [0.5, 0.6) is 11.5 Å². The molecule has 6 heteroatoms. The molecular formula is C7H6F2INO2. The number of hydrogen-bond acceptors (Lipinski definition) is 3. The molecule has 0 aromatic carbocycles. The molecule has 13 heavy (non-hydrogen) atoms. The normalized spacial score (nSPS) is 10.5. The molecule has 0 saturated heterocycles. The zero-order valence-electron chi connectivity index (χ0n) is 6.59. The lowest BCUT2D eigenvalue weighted by Crippen LogP contribution is -1.96. The van der Waals surface area contributed by atoms with Crippen molar-refractivity contribution in [1.29, 1.82) is 0 Å². The highest BCUT2D eigenvalue weighted by atomic mass is 127. The van der Waals surface area contributed by atoms with Crippen molar-refractivity contribution >= 4 is 22.6 Å². The molecule has 0 aliphatic rings. The molecule has 0 aliphatic heterocycles. The zero-order chi connectivity index (χ0) is 10.0. The van der Waals surface area contributed by atoms with E-state index in [4.69, 9.17) is 0 Å². The molecule has 3 nitrogen and oxygen atoms in total. The quantitative estimate of drug-likeness (QED) is 0.673. The van der Waals surface area contributed by atoms with Crippen LogP contribution < -0.4 is 4.74 Å². The van der Waals surface area contributed by atoms with Gasteiger partial charge in [-0.1, -0.05) is 0 Å². The van der Waals surface area contributed by atoms with Gasteiger partial charge in [0, 0.05) is 6.20 Å². The van der Waals surface area contributed by atoms with E-state index in [2.05, 4.69) is 9.72 Å². The van der Waals surface area contributed by atoms with E-state index in [0.29, 0.717) is 0 Å². The molecule has 1 heterocycles. The van der Waals surface area contributed by atoms with Gasteiger partial charge in [0.15, 0.2) is 11.5 Å².